The van der Waals surface area contributed by atoms with E-state index in [9.17, 15) is 19.4 Å². The van der Waals surface area contributed by atoms with Gasteiger partial charge in [-0.15, -0.1) is 0 Å². The Labute approximate surface area is 187 Å². The number of aliphatic hydroxyl groups is 1. The molecular weight excluding hydrogens is 425 g/mol. The number of phosphoric ester groups is 1. The Morgan fingerprint density at radius 1 is 0.935 bits per heavy atom. The fourth-order valence-corrected chi connectivity index (χ4v) is 3.61. The second-order valence-electron chi connectivity index (χ2n) is 7.65. The Hall–Kier alpha value is -0.540. The molecule has 0 saturated heterocycles. The summed E-state index contributed by atoms with van der Waals surface area (Å²) < 4.78 is 32.1. The number of phosphoric acid groups is 1. The van der Waals surface area contributed by atoms with Gasteiger partial charge in [0.25, 0.3) is 0 Å². The zero-order valence-electron chi connectivity index (χ0n) is 19.3. The van der Waals surface area contributed by atoms with Gasteiger partial charge >= 0.3 is 13.8 Å². The maximum atomic E-state index is 12.2. The molecule has 0 saturated carbocycles. The van der Waals surface area contributed by atoms with Crippen molar-refractivity contribution in [1.29, 1.82) is 0 Å². The predicted octanol–water partition coefficient (Wildman–Crippen LogP) is 4.05. The number of unbranched alkanes of at least 4 members (excludes halogenated alkanes) is 8. The van der Waals surface area contributed by atoms with Crippen molar-refractivity contribution in [2.75, 3.05) is 26.4 Å². The standard InChI is InChI=1S/C21H44NO8P/c1-3-5-7-8-9-10-12-14-21(24)30-19(17-27-20(23)13-11-6-4-2)18-29-31(25,26)28-16-15-22/h19-20,23H,3-18,22H2,1-2H3,(H,25,26)/t19-,20?/m1/s1. The van der Waals surface area contributed by atoms with Gasteiger partial charge in [-0.1, -0.05) is 65.2 Å². The van der Waals surface area contributed by atoms with Crippen LogP contribution in [0, 0.1) is 0 Å². The van der Waals surface area contributed by atoms with Crippen molar-refractivity contribution in [2.45, 2.75) is 103 Å². The largest absolute Gasteiger partial charge is 0.472 e. The molecule has 0 spiro atoms. The van der Waals surface area contributed by atoms with Crippen LogP contribution in [0.15, 0.2) is 0 Å². The molecule has 0 fully saturated rings. The predicted molar refractivity (Wildman–Crippen MR) is 119 cm³/mol. The molecule has 4 N–H and O–H groups in total. The SMILES string of the molecule is CCCCCCCCCC(=O)O[C@H](COC(O)CCCCC)COP(=O)(O)OCCN. The lowest BCUT2D eigenvalue weighted by Crippen LogP contribution is -2.30. The van der Waals surface area contributed by atoms with E-state index in [1.165, 1.54) is 19.3 Å². The van der Waals surface area contributed by atoms with Gasteiger partial charge < -0.3 is 25.2 Å². The minimum absolute atomic E-state index is 0.0673. The first kappa shape index (κ1) is 30.5. The quantitative estimate of drug-likeness (QED) is 0.0928. The third kappa shape index (κ3) is 19.8. The molecule has 0 bridgehead atoms. The summed E-state index contributed by atoms with van der Waals surface area (Å²) in [6, 6.07) is 0. The molecule has 0 aromatic carbocycles. The van der Waals surface area contributed by atoms with Crippen LogP contribution in [0.25, 0.3) is 0 Å². The first-order valence-corrected chi connectivity index (χ1v) is 13.1. The van der Waals surface area contributed by atoms with Crippen molar-refractivity contribution in [3.8, 4) is 0 Å². The molecule has 0 amide bonds. The minimum atomic E-state index is -4.30. The van der Waals surface area contributed by atoms with Crippen LogP contribution in [-0.4, -0.2) is 54.7 Å². The van der Waals surface area contributed by atoms with Crippen molar-refractivity contribution in [3.05, 3.63) is 0 Å². The van der Waals surface area contributed by atoms with Crippen molar-refractivity contribution >= 4 is 13.8 Å². The Morgan fingerprint density at radius 2 is 1.55 bits per heavy atom. The Balaban J connectivity index is 4.43. The molecular formula is C21H44NO8P. The van der Waals surface area contributed by atoms with Gasteiger partial charge in [0.15, 0.2) is 6.29 Å². The molecule has 0 aliphatic carbocycles. The van der Waals surface area contributed by atoms with E-state index in [-0.39, 0.29) is 32.8 Å². The van der Waals surface area contributed by atoms with Crippen LogP contribution in [0.1, 0.15) is 90.9 Å². The van der Waals surface area contributed by atoms with Gasteiger partial charge in [0.1, 0.15) is 6.10 Å². The second-order valence-corrected chi connectivity index (χ2v) is 9.11. The molecule has 0 aromatic rings. The van der Waals surface area contributed by atoms with Gasteiger partial charge in [0.05, 0.1) is 19.8 Å². The maximum Gasteiger partial charge on any atom is 0.472 e. The summed E-state index contributed by atoms with van der Waals surface area (Å²) in [5.74, 6) is -0.429. The van der Waals surface area contributed by atoms with Crippen LogP contribution in [-0.2, 0) is 27.9 Å². The molecule has 0 aliphatic heterocycles. The molecule has 0 aromatic heterocycles. The lowest BCUT2D eigenvalue weighted by atomic mass is 10.1. The van der Waals surface area contributed by atoms with E-state index in [0.29, 0.717) is 6.42 Å². The monoisotopic (exact) mass is 469 g/mol. The minimum Gasteiger partial charge on any atom is -0.457 e. The lowest BCUT2D eigenvalue weighted by Gasteiger charge is -2.21. The van der Waals surface area contributed by atoms with E-state index in [2.05, 4.69) is 18.4 Å². The zero-order valence-corrected chi connectivity index (χ0v) is 20.2. The first-order chi connectivity index (χ1) is 14.8. The highest BCUT2D eigenvalue weighted by Crippen LogP contribution is 2.43. The Bertz CT molecular complexity index is 480. The summed E-state index contributed by atoms with van der Waals surface area (Å²) >= 11 is 0. The summed E-state index contributed by atoms with van der Waals surface area (Å²) in [6.45, 7) is 3.63. The molecule has 2 unspecified atom stereocenters. The third-order valence-electron chi connectivity index (χ3n) is 4.61. The molecule has 9 nitrogen and oxygen atoms in total. The number of aliphatic hydroxyl groups excluding tert-OH is 1. The van der Waals surface area contributed by atoms with Gasteiger partial charge in [-0.05, 0) is 19.3 Å². The molecule has 3 atom stereocenters. The van der Waals surface area contributed by atoms with Crippen molar-refractivity contribution in [2.24, 2.45) is 5.73 Å². The number of carbonyl (C=O) groups is 1. The van der Waals surface area contributed by atoms with E-state index >= 15 is 0 Å². The maximum absolute atomic E-state index is 12.2. The topological polar surface area (TPSA) is 138 Å². The smallest absolute Gasteiger partial charge is 0.457 e. The average molecular weight is 470 g/mol. The van der Waals surface area contributed by atoms with E-state index in [0.717, 1.165) is 44.9 Å². The third-order valence-corrected chi connectivity index (χ3v) is 5.59. The van der Waals surface area contributed by atoms with Gasteiger partial charge in [-0.3, -0.25) is 13.8 Å². The summed E-state index contributed by atoms with van der Waals surface area (Å²) in [6.07, 6.45) is 9.17. The van der Waals surface area contributed by atoms with Crippen LogP contribution in [0.5, 0.6) is 0 Å². The van der Waals surface area contributed by atoms with Crippen LogP contribution in [0.3, 0.4) is 0 Å². The van der Waals surface area contributed by atoms with Crippen molar-refractivity contribution < 1.29 is 37.9 Å². The molecule has 31 heavy (non-hydrogen) atoms. The number of ether oxygens (including phenoxy) is 2. The number of carbonyl (C=O) groups excluding carboxylic acids is 1. The molecule has 186 valence electrons. The van der Waals surface area contributed by atoms with E-state index in [4.69, 9.17) is 19.7 Å². The summed E-state index contributed by atoms with van der Waals surface area (Å²) in [7, 11) is -4.30. The van der Waals surface area contributed by atoms with Crippen molar-refractivity contribution in [1.82, 2.24) is 0 Å². The molecule has 0 rings (SSSR count). The summed E-state index contributed by atoms with van der Waals surface area (Å²) in [4.78, 5) is 21.8. The number of nitrogens with two attached hydrogens (primary N) is 1. The number of hydrogen-bond acceptors (Lipinski definition) is 8. The fraction of sp³-hybridized carbons (Fsp3) is 0.952. The Kier molecular flexibility index (Phi) is 19.7. The summed E-state index contributed by atoms with van der Waals surface area (Å²) in [5, 5.41) is 9.92. The van der Waals surface area contributed by atoms with E-state index in [1.807, 2.05) is 0 Å². The van der Waals surface area contributed by atoms with Crippen LogP contribution >= 0.6 is 7.82 Å². The number of esters is 1. The van der Waals surface area contributed by atoms with E-state index < -0.39 is 26.2 Å². The van der Waals surface area contributed by atoms with Crippen LogP contribution in [0.2, 0.25) is 0 Å². The number of hydrogen-bond donors (Lipinski definition) is 3. The first-order valence-electron chi connectivity index (χ1n) is 11.7. The van der Waals surface area contributed by atoms with Crippen LogP contribution in [0.4, 0.5) is 0 Å². The zero-order chi connectivity index (χ0) is 23.4. The summed E-state index contributed by atoms with van der Waals surface area (Å²) in [5.41, 5.74) is 5.25. The average Bonchev–Trinajstić information content (AvgIpc) is 2.73. The lowest BCUT2D eigenvalue weighted by molar-refractivity contribution is -0.166. The van der Waals surface area contributed by atoms with E-state index in [1.54, 1.807) is 0 Å². The molecule has 0 aliphatic rings. The second kappa shape index (κ2) is 20.1. The fourth-order valence-electron chi connectivity index (χ4n) is 2.84. The molecule has 0 heterocycles. The highest BCUT2D eigenvalue weighted by atomic mass is 31.2. The highest BCUT2D eigenvalue weighted by Gasteiger charge is 2.25. The highest BCUT2D eigenvalue weighted by molar-refractivity contribution is 7.47. The van der Waals surface area contributed by atoms with Gasteiger partial charge in [0.2, 0.25) is 0 Å². The van der Waals surface area contributed by atoms with Gasteiger partial charge in [-0.25, -0.2) is 4.57 Å². The van der Waals surface area contributed by atoms with Crippen LogP contribution < -0.4 is 5.73 Å². The van der Waals surface area contributed by atoms with Gasteiger partial charge in [-0.2, -0.15) is 0 Å². The number of rotatable bonds is 22. The molecule has 0 radical (unpaired) electrons. The Morgan fingerprint density at radius 3 is 2.19 bits per heavy atom. The van der Waals surface area contributed by atoms with Gasteiger partial charge in [0, 0.05) is 13.0 Å². The molecule has 10 heteroatoms. The normalized spacial score (nSPS) is 15.4. The van der Waals surface area contributed by atoms with Crippen molar-refractivity contribution in [3.63, 3.8) is 0 Å².